The summed E-state index contributed by atoms with van der Waals surface area (Å²) in [6.45, 7) is 2.31. The number of carbonyl (C=O) groups is 1. The lowest BCUT2D eigenvalue weighted by molar-refractivity contribution is -0.140. The Balaban J connectivity index is 2.06. The molecule has 0 bridgehead atoms. The van der Waals surface area contributed by atoms with Crippen molar-refractivity contribution in [1.29, 1.82) is 5.26 Å². The predicted molar refractivity (Wildman–Crippen MR) is 64.3 cm³/mol. The number of amidine groups is 1. The first-order valence-corrected chi connectivity index (χ1v) is 5.91. The second kappa shape index (κ2) is 4.10. The summed E-state index contributed by atoms with van der Waals surface area (Å²) in [6, 6.07) is 1.98. The van der Waals surface area contributed by atoms with E-state index in [0.29, 0.717) is 32.1 Å². The predicted octanol–water partition coefficient (Wildman–Crippen LogP) is -0.519. The van der Waals surface area contributed by atoms with Gasteiger partial charge >= 0.3 is 5.97 Å². The first kappa shape index (κ1) is 11.7. The lowest BCUT2D eigenvalue weighted by atomic mass is 9.81. The van der Waals surface area contributed by atoms with E-state index in [-0.39, 0.29) is 11.4 Å². The minimum absolute atomic E-state index is 0.0764. The zero-order valence-corrected chi connectivity index (χ0v) is 10.1. The number of esters is 1. The summed E-state index contributed by atoms with van der Waals surface area (Å²) in [4.78, 5) is 18.2. The minimum Gasteiger partial charge on any atom is -0.434 e. The number of nitriles is 1. The largest absolute Gasteiger partial charge is 0.434 e. The van der Waals surface area contributed by atoms with E-state index in [4.69, 9.17) is 15.2 Å². The molecular weight excluding hydrogens is 248 g/mol. The maximum Gasteiger partial charge on any atom is 0.334 e. The van der Waals surface area contributed by atoms with Crippen LogP contribution >= 0.6 is 0 Å². The molecule has 3 aliphatic heterocycles. The van der Waals surface area contributed by atoms with Crippen molar-refractivity contribution >= 4 is 11.8 Å². The lowest BCUT2D eigenvalue weighted by Gasteiger charge is -2.33. The fourth-order valence-corrected chi connectivity index (χ4v) is 2.52. The Bertz CT molecular complexity index is 566. The number of hydrogen-bond donors (Lipinski definition) is 1. The summed E-state index contributed by atoms with van der Waals surface area (Å²) in [6.07, 6.45) is 2.83. The van der Waals surface area contributed by atoms with Gasteiger partial charge in [0.15, 0.2) is 5.41 Å². The molecule has 3 heterocycles. The van der Waals surface area contributed by atoms with Gasteiger partial charge in [0.25, 0.3) is 0 Å². The van der Waals surface area contributed by atoms with Crippen molar-refractivity contribution in [1.82, 2.24) is 4.90 Å². The van der Waals surface area contributed by atoms with Gasteiger partial charge in [-0.1, -0.05) is 0 Å². The number of ether oxygens (including phenoxy) is 2. The zero-order valence-electron chi connectivity index (χ0n) is 10.1. The van der Waals surface area contributed by atoms with Crippen LogP contribution in [-0.2, 0) is 14.3 Å². The third kappa shape index (κ3) is 1.47. The van der Waals surface area contributed by atoms with Crippen LogP contribution in [0.1, 0.15) is 0 Å². The number of hydrogen-bond acceptors (Lipinski definition) is 7. The molecule has 1 unspecified atom stereocenters. The van der Waals surface area contributed by atoms with Gasteiger partial charge in [-0.2, -0.15) is 5.26 Å². The summed E-state index contributed by atoms with van der Waals surface area (Å²) in [5.74, 6) is 0.00540. The number of morpholine rings is 1. The Morgan fingerprint density at radius 1 is 1.47 bits per heavy atom. The highest BCUT2D eigenvalue weighted by molar-refractivity contribution is 6.14. The maximum absolute atomic E-state index is 12.1. The molecule has 1 saturated heterocycles. The quantitative estimate of drug-likeness (QED) is 0.588. The van der Waals surface area contributed by atoms with E-state index in [1.165, 1.54) is 6.26 Å². The van der Waals surface area contributed by atoms with Gasteiger partial charge in [0.2, 0.25) is 0 Å². The van der Waals surface area contributed by atoms with Gasteiger partial charge in [-0.15, -0.1) is 0 Å². The van der Waals surface area contributed by atoms with Crippen LogP contribution in [-0.4, -0.2) is 43.0 Å². The van der Waals surface area contributed by atoms with E-state index < -0.39 is 11.4 Å². The second-order valence-electron chi connectivity index (χ2n) is 4.42. The van der Waals surface area contributed by atoms with Crippen molar-refractivity contribution in [2.45, 2.75) is 0 Å². The van der Waals surface area contributed by atoms with Crippen LogP contribution < -0.4 is 5.73 Å². The molecule has 0 aromatic heterocycles. The minimum atomic E-state index is -1.27. The van der Waals surface area contributed by atoms with Crippen LogP contribution in [0.3, 0.4) is 0 Å². The summed E-state index contributed by atoms with van der Waals surface area (Å²) < 4.78 is 10.2. The number of nitrogens with two attached hydrogens (primary N) is 1. The van der Waals surface area contributed by atoms with Gasteiger partial charge in [0, 0.05) is 13.1 Å². The average Bonchev–Trinajstić information content (AvgIpc) is 2.94. The molecule has 1 spiro atoms. The third-order valence-corrected chi connectivity index (χ3v) is 3.47. The lowest BCUT2D eigenvalue weighted by Crippen LogP contribution is -2.49. The summed E-state index contributed by atoms with van der Waals surface area (Å²) in [5, 5.41) is 9.25. The molecule has 1 fully saturated rings. The van der Waals surface area contributed by atoms with Gasteiger partial charge in [-0.05, 0) is 6.08 Å². The number of aliphatic imine (C=N–C) groups is 1. The molecule has 2 N–H and O–H groups in total. The van der Waals surface area contributed by atoms with E-state index in [1.54, 1.807) is 6.08 Å². The number of carbonyl (C=O) groups excluding carboxylic acids is 1. The molecule has 98 valence electrons. The van der Waals surface area contributed by atoms with Crippen LogP contribution in [0.15, 0.2) is 28.7 Å². The van der Waals surface area contributed by atoms with Crippen molar-refractivity contribution in [2.75, 3.05) is 26.3 Å². The molecule has 7 nitrogen and oxygen atoms in total. The van der Waals surface area contributed by atoms with E-state index in [2.05, 4.69) is 4.99 Å². The van der Waals surface area contributed by atoms with Crippen LogP contribution in [0.4, 0.5) is 0 Å². The number of rotatable bonds is 0. The van der Waals surface area contributed by atoms with E-state index >= 15 is 0 Å². The molecule has 0 saturated carbocycles. The first-order valence-electron chi connectivity index (χ1n) is 5.91. The van der Waals surface area contributed by atoms with Gasteiger partial charge < -0.3 is 20.1 Å². The Labute approximate surface area is 109 Å². The van der Waals surface area contributed by atoms with Gasteiger partial charge in [-0.3, -0.25) is 0 Å². The summed E-state index contributed by atoms with van der Waals surface area (Å²) in [7, 11) is 0. The topological polar surface area (TPSA) is 101 Å². The van der Waals surface area contributed by atoms with Gasteiger partial charge in [0.1, 0.15) is 23.3 Å². The SMILES string of the molecule is N#CC1=C(N)N=C(N2CCOCC2)C12C=COC2=O. The Morgan fingerprint density at radius 2 is 2.21 bits per heavy atom. The standard InChI is InChI=1S/C12H12N4O3/c13-7-8-9(14)15-10(16-2-5-18-6-3-16)12(8)1-4-19-11(12)17/h1,4H,2-3,5-6,14H2. The van der Waals surface area contributed by atoms with Crippen LogP contribution in [0.5, 0.6) is 0 Å². The third-order valence-electron chi connectivity index (χ3n) is 3.47. The molecule has 0 aliphatic carbocycles. The van der Waals surface area contributed by atoms with E-state index in [1.807, 2.05) is 11.0 Å². The Morgan fingerprint density at radius 3 is 2.79 bits per heavy atom. The van der Waals surface area contributed by atoms with E-state index in [9.17, 15) is 10.1 Å². The molecule has 3 rings (SSSR count). The molecule has 0 aromatic rings. The second-order valence-corrected chi connectivity index (χ2v) is 4.42. The monoisotopic (exact) mass is 260 g/mol. The van der Waals surface area contributed by atoms with Crippen molar-refractivity contribution in [3.63, 3.8) is 0 Å². The Hall–Kier alpha value is -2.33. The highest BCUT2D eigenvalue weighted by Crippen LogP contribution is 2.42. The maximum atomic E-state index is 12.1. The highest BCUT2D eigenvalue weighted by atomic mass is 16.5. The van der Waals surface area contributed by atoms with Crippen LogP contribution in [0.2, 0.25) is 0 Å². The van der Waals surface area contributed by atoms with Crippen molar-refractivity contribution in [2.24, 2.45) is 16.1 Å². The molecule has 19 heavy (non-hydrogen) atoms. The molecular formula is C12H12N4O3. The number of cyclic esters (lactones) is 1. The normalized spacial score (nSPS) is 29.7. The van der Waals surface area contributed by atoms with Gasteiger partial charge in [0.05, 0.1) is 19.5 Å². The summed E-state index contributed by atoms with van der Waals surface area (Å²) >= 11 is 0. The highest BCUT2D eigenvalue weighted by Gasteiger charge is 2.56. The van der Waals surface area contributed by atoms with Crippen molar-refractivity contribution < 1.29 is 14.3 Å². The number of nitrogens with zero attached hydrogens (tertiary/aromatic N) is 3. The Kier molecular flexibility index (Phi) is 2.54. The molecule has 3 aliphatic rings. The van der Waals surface area contributed by atoms with Crippen LogP contribution in [0, 0.1) is 16.7 Å². The van der Waals surface area contributed by atoms with Gasteiger partial charge in [-0.25, -0.2) is 9.79 Å². The van der Waals surface area contributed by atoms with E-state index in [0.717, 1.165) is 0 Å². The molecule has 0 amide bonds. The molecule has 0 radical (unpaired) electrons. The summed E-state index contributed by atoms with van der Waals surface area (Å²) in [5.41, 5.74) is 4.64. The average molecular weight is 260 g/mol. The fourth-order valence-electron chi connectivity index (χ4n) is 2.52. The first-order chi connectivity index (χ1) is 9.20. The van der Waals surface area contributed by atoms with Crippen molar-refractivity contribution in [3.05, 3.63) is 23.7 Å². The smallest absolute Gasteiger partial charge is 0.334 e. The molecule has 7 heteroatoms. The molecule has 1 atom stereocenters. The zero-order chi connectivity index (χ0) is 13.5. The van der Waals surface area contributed by atoms with Crippen molar-refractivity contribution in [3.8, 4) is 6.07 Å². The molecule has 0 aromatic carbocycles. The van der Waals surface area contributed by atoms with Crippen LogP contribution in [0.25, 0.3) is 0 Å². The fraction of sp³-hybridized carbons (Fsp3) is 0.417.